The maximum Gasteiger partial charge on any atom is 0.304 e. The number of aliphatic carboxylic acids is 1. The third-order valence-electron chi connectivity index (χ3n) is 5.48. The van der Waals surface area contributed by atoms with Crippen LogP contribution < -0.4 is 0 Å². The highest BCUT2D eigenvalue weighted by molar-refractivity contribution is 7.99. The second kappa shape index (κ2) is 7.78. The molecule has 1 N–H and O–H groups in total. The Kier molecular flexibility index (Phi) is 5.33. The molecule has 29 heavy (non-hydrogen) atoms. The van der Waals surface area contributed by atoms with E-state index < -0.39 is 5.97 Å². The van der Waals surface area contributed by atoms with Crippen LogP contribution in [-0.2, 0) is 11.3 Å². The van der Waals surface area contributed by atoms with E-state index in [9.17, 15) is 15.2 Å². The van der Waals surface area contributed by atoms with Crippen molar-refractivity contribution in [3.63, 3.8) is 0 Å². The number of nitrogens with zero attached hydrogens (tertiary/aromatic N) is 2. The summed E-state index contributed by atoms with van der Waals surface area (Å²) in [5.41, 5.74) is 3.89. The molecular weight excluding hydrogens is 404 g/mol. The highest BCUT2D eigenvalue weighted by Crippen LogP contribution is 2.49. The lowest BCUT2D eigenvalue weighted by Gasteiger charge is -2.13. The SMILES string of the molecule is CC(C)c1cc(C#N)cc2c1c(Sc1ccc(Cl)cc1)c1n2CCC1CC(=O)O. The first-order valence-electron chi connectivity index (χ1n) is 9.64. The van der Waals surface area contributed by atoms with Gasteiger partial charge in [0, 0.05) is 38.4 Å². The second-order valence-electron chi connectivity index (χ2n) is 7.73. The quantitative estimate of drug-likeness (QED) is 0.514. The lowest BCUT2D eigenvalue weighted by atomic mass is 9.95. The smallest absolute Gasteiger partial charge is 0.304 e. The van der Waals surface area contributed by atoms with Crippen molar-refractivity contribution in [3.8, 4) is 6.07 Å². The summed E-state index contributed by atoms with van der Waals surface area (Å²) in [6.07, 6.45) is 0.923. The Balaban J connectivity index is 1.98. The molecule has 0 spiro atoms. The van der Waals surface area contributed by atoms with Gasteiger partial charge < -0.3 is 9.67 Å². The molecule has 2 aromatic carbocycles. The number of carboxylic acids is 1. The van der Waals surface area contributed by atoms with Gasteiger partial charge in [-0.3, -0.25) is 4.79 Å². The highest BCUT2D eigenvalue weighted by atomic mass is 35.5. The van der Waals surface area contributed by atoms with Crippen LogP contribution in [0.15, 0.2) is 46.2 Å². The summed E-state index contributed by atoms with van der Waals surface area (Å²) >= 11 is 7.71. The number of nitriles is 1. The van der Waals surface area contributed by atoms with Gasteiger partial charge in [-0.05, 0) is 54.3 Å². The van der Waals surface area contributed by atoms with Gasteiger partial charge in [-0.2, -0.15) is 5.26 Å². The minimum absolute atomic E-state index is 0.0275. The molecule has 6 heteroatoms. The number of halogens is 1. The number of hydrogen-bond acceptors (Lipinski definition) is 3. The van der Waals surface area contributed by atoms with Crippen molar-refractivity contribution in [2.24, 2.45) is 0 Å². The summed E-state index contributed by atoms with van der Waals surface area (Å²) in [5.74, 6) is -0.561. The van der Waals surface area contributed by atoms with E-state index in [1.807, 2.05) is 36.4 Å². The predicted octanol–water partition coefficient (Wildman–Crippen LogP) is 6.40. The van der Waals surface area contributed by atoms with Gasteiger partial charge >= 0.3 is 5.97 Å². The molecule has 3 aromatic rings. The molecule has 1 aliphatic heterocycles. The molecule has 0 radical (unpaired) electrons. The van der Waals surface area contributed by atoms with E-state index in [0.29, 0.717) is 10.6 Å². The summed E-state index contributed by atoms with van der Waals surface area (Å²) in [7, 11) is 0. The summed E-state index contributed by atoms with van der Waals surface area (Å²) in [4.78, 5) is 13.7. The largest absolute Gasteiger partial charge is 0.481 e. The van der Waals surface area contributed by atoms with Crippen molar-refractivity contribution in [2.45, 2.75) is 54.9 Å². The summed E-state index contributed by atoms with van der Waals surface area (Å²) in [5, 5.41) is 20.8. The van der Waals surface area contributed by atoms with Crippen LogP contribution in [0.1, 0.15) is 55.3 Å². The highest BCUT2D eigenvalue weighted by Gasteiger charge is 2.32. The van der Waals surface area contributed by atoms with Crippen LogP contribution in [0.4, 0.5) is 0 Å². The molecule has 4 nitrogen and oxygen atoms in total. The molecule has 0 saturated heterocycles. The Morgan fingerprint density at radius 2 is 2.07 bits per heavy atom. The van der Waals surface area contributed by atoms with Gasteiger partial charge in [0.05, 0.1) is 23.6 Å². The van der Waals surface area contributed by atoms with Crippen molar-refractivity contribution < 1.29 is 9.90 Å². The Morgan fingerprint density at radius 1 is 1.34 bits per heavy atom. The van der Waals surface area contributed by atoms with Gasteiger partial charge in [0.15, 0.2) is 0 Å². The minimum atomic E-state index is -0.780. The topological polar surface area (TPSA) is 66.0 Å². The number of hydrogen-bond donors (Lipinski definition) is 1. The first-order chi connectivity index (χ1) is 13.9. The van der Waals surface area contributed by atoms with Gasteiger partial charge in [-0.15, -0.1) is 0 Å². The summed E-state index contributed by atoms with van der Waals surface area (Å²) in [6.45, 7) is 5.03. The number of carbonyl (C=O) groups is 1. The van der Waals surface area contributed by atoms with E-state index >= 15 is 0 Å². The molecule has 4 rings (SSSR count). The Morgan fingerprint density at radius 3 is 2.69 bits per heavy atom. The molecular formula is C23H21ClN2O2S. The first-order valence-corrected chi connectivity index (χ1v) is 10.8. The molecule has 1 aliphatic rings. The molecule has 0 amide bonds. The van der Waals surface area contributed by atoms with Gasteiger partial charge in [0.2, 0.25) is 0 Å². The Hall–Kier alpha value is -2.42. The van der Waals surface area contributed by atoms with Gasteiger partial charge in [-0.1, -0.05) is 37.2 Å². The van der Waals surface area contributed by atoms with E-state index in [1.165, 1.54) is 0 Å². The number of benzene rings is 2. The molecule has 1 aromatic heterocycles. The molecule has 0 bridgehead atoms. The molecule has 0 aliphatic carbocycles. The molecule has 1 atom stereocenters. The fraction of sp³-hybridized carbons (Fsp3) is 0.304. The maximum absolute atomic E-state index is 11.5. The lowest BCUT2D eigenvalue weighted by molar-refractivity contribution is -0.137. The normalized spacial score (nSPS) is 15.6. The van der Waals surface area contributed by atoms with Crippen molar-refractivity contribution >= 4 is 40.2 Å². The van der Waals surface area contributed by atoms with Crippen LogP contribution >= 0.6 is 23.4 Å². The number of carboxylic acid groups (broad SMARTS) is 1. The molecule has 148 valence electrons. The van der Waals surface area contributed by atoms with Gasteiger partial charge in [0.25, 0.3) is 0 Å². The van der Waals surface area contributed by atoms with Crippen LogP contribution in [0, 0.1) is 11.3 Å². The fourth-order valence-electron chi connectivity index (χ4n) is 4.21. The lowest BCUT2D eigenvalue weighted by Crippen LogP contribution is -2.04. The van der Waals surface area contributed by atoms with E-state index in [0.717, 1.165) is 44.9 Å². The summed E-state index contributed by atoms with van der Waals surface area (Å²) in [6, 6.07) is 13.9. The monoisotopic (exact) mass is 424 g/mol. The van der Waals surface area contributed by atoms with Gasteiger partial charge in [-0.25, -0.2) is 0 Å². The zero-order valence-corrected chi connectivity index (χ0v) is 17.8. The molecule has 1 unspecified atom stereocenters. The zero-order valence-electron chi connectivity index (χ0n) is 16.3. The van der Waals surface area contributed by atoms with Crippen molar-refractivity contribution in [1.82, 2.24) is 4.57 Å². The third kappa shape index (κ3) is 3.63. The minimum Gasteiger partial charge on any atom is -0.481 e. The molecule has 0 saturated carbocycles. The van der Waals surface area contributed by atoms with Crippen LogP contribution in [0.2, 0.25) is 5.02 Å². The third-order valence-corrected chi connectivity index (χ3v) is 6.86. The van der Waals surface area contributed by atoms with E-state index in [-0.39, 0.29) is 18.3 Å². The van der Waals surface area contributed by atoms with Crippen molar-refractivity contribution in [3.05, 3.63) is 58.2 Å². The Labute approximate surface area is 179 Å². The zero-order chi connectivity index (χ0) is 20.7. The van der Waals surface area contributed by atoms with Gasteiger partial charge in [0.1, 0.15) is 0 Å². The van der Waals surface area contributed by atoms with Crippen LogP contribution in [0.3, 0.4) is 0 Å². The summed E-state index contributed by atoms with van der Waals surface area (Å²) < 4.78 is 2.23. The Bertz CT molecular complexity index is 1140. The van der Waals surface area contributed by atoms with Crippen molar-refractivity contribution in [1.29, 1.82) is 5.26 Å². The average Bonchev–Trinajstić information content (AvgIpc) is 3.22. The van der Waals surface area contributed by atoms with Crippen molar-refractivity contribution in [2.75, 3.05) is 0 Å². The van der Waals surface area contributed by atoms with Crippen LogP contribution in [0.5, 0.6) is 0 Å². The number of aryl methyl sites for hydroxylation is 1. The number of rotatable bonds is 5. The van der Waals surface area contributed by atoms with E-state index in [2.05, 4.69) is 24.5 Å². The van der Waals surface area contributed by atoms with Crippen LogP contribution in [0.25, 0.3) is 10.9 Å². The second-order valence-corrected chi connectivity index (χ2v) is 9.25. The number of fused-ring (bicyclic) bond motifs is 3. The maximum atomic E-state index is 11.5. The van der Waals surface area contributed by atoms with Crippen LogP contribution in [-0.4, -0.2) is 15.6 Å². The van der Waals surface area contributed by atoms with E-state index in [1.54, 1.807) is 11.8 Å². The fourth-order valence-corrected chi connectivity index (χ4v) is 5.55. The standard InChI is InChI=1S/C23H21ClN2O2S/c1-13(2)18-9-14(12-25)10-19-21(18)23(29-17-5-3-16(24)4-6-17)22-15(11-20(27)28)7-8-26(19)22/h3-6,9-10,13,15H,7-8,11H2,1-2H3,(H,27,28). The predicted molar refractivity (Wildman–Crippen MR) is 116 cm³/mol. The molecule has 2 heterocycles. The molecule has 0 fully saturated rings. The first kappa shape index (κ1) is 19.9. The number of aromatic nitrogens is 1. The average molecular weight is 425 g/mol. The van der Waals surface area contributed by atoms with E-state index in [4.69, 9.17) is 11.6 Å².